The van der Waals surface area contributed by atoms with Crippen LogP contribution < -0.4 is 0 Å². The first-order valence-electron chi connectivity index (χ1n) is 14.2. The van der Waals surface area contributed by atoms with Crippen molar-refractivity contribution in [1.29, 1.82) is 0 Å². The molecule has 0 amide bonds. The third kappa shape index (κ3) is 4.27. The maximum atomic E-state index is 13.3. The molecule has 3 fully saturated rings. The van der Waals surface area contributed by atoms with Crippen molar-refractivity contribution in [3.63, 3.8) is 0 Å². The highest BCUT2D eigenvalue weighted by molar-refractivity contribution is 5.96. The Balaban J connectivity index is 1.98. The molecule has 4 aliphatic rings. The topological polar surface area (TPSA) is 146 Å². The van der Waals surface area contributed by atoms with Crippen LogP contribution in [0.3, 0.4) is 0 Å². The first-order chi connectivity index (χ1) is 18.9. The largest absolute Gasteiger partial charge is 0.481 e. The molecule has 0 aromatic carbocycles. The third-order valence-corrected chi connectivity index (χ3v) is 10.7. The average molecular weight is 575 g/mol. The molecule has 226 valence electrons. The van der Waals surface area contributed by atoms with Gasteiger partial charge in [0.25, 0.3) is 0 Å². The van der Waals surface area contributed by atoms with E-state index in [1.807, 2.05) is 13.8 Å². The lowest BCUT2D eigenvalue weighted by molar-refractivity contribution is -0.216. The molecule has 1 heterocycles. The van der Waals surface area contributed by atoms with Crippen molar-refractivity contribution in [2.75, 3.05) is 7.11 Å². The van der Waals surface area contributed by atoms with E-state index < -0.39 is 87.7 Å². The molecule has 2 saturated carbocycles. The molecule has 0 aromatic rings. The van der Waals surface area contributed by atoms with E-state index in [9.17, 15) is 29.1 Å². The zero-order valence-corrected chi connectivity index (χ0v) is 25.1. The van der Waals surface area contributed by atoms with Crippen LogP contribution in [0.25, 0.3) is 0 Å². The second kappa shape index (κ2) is 10.1. The van der Waals surface area contributed by atoms with Crippen molar-refractivity contribution in [2.24, 2.45) is 39.9 Å². The maximum absolute atomic E-state index is 13.3. The molecule has 1 aliphatic heterocycles. The van der Waals surface area contributed by atoms with E-state index in [2.05, 4.69) is 6.58 Å². The quantitative estimate of drug-likeness (QED) is 0.197. The van der Waals surface area contributed by atoms with Gasteiger partial charge < -0.3 is 24.1 Å². The summed E-state index contributed by atoms with van der Waals surface area (Å²) in [5, 5.41) is 10.3. The van der Waals surface area contributed by atoms with Crippen LogP contribution in [0.5, 0.6) is 0 Å². The van der Waals surface area contributed by atoms with Gasteiger partial charge in [0.1, 0.15) is 17.8 Å². The van der Waals surface area contributed by atoms with E-state index in [-0.39, 0.29) is 18.6 Å². The molecule has 1 saturated heterocycles. The van der Waals surface area contributed by atoms with Crippen molar-refractivity contribution >= 4 is 29.7 Å². The first kappa shape index (κ1) is 30.9. The Labute approximate surface area is 240 Å². The highest BCUT2D eigenvalue weighted by Gasteiger charge is 2.85. The van der Waals surface area contributed by atoms with Gasteiger partial charge in [0.05, 0.1) is 36.9 Å². The van der Waals surface area contributed by atoms with Crippen molar-refractivity contribution in [3.8, 4) is 0 Å². The Kier molecular flexibility index (Phi) is 7.60. The molecule has 10 unspecified atom stereocenters. The monoisotopic (exact) mass is 574 g/mol. The lowest BCUT2D eigenvalue weighted by atomic mass is 9.46. The number of methoxy groups -OCH3 is 1. The summed E-state index contributed by atoms with van der Waals surface area (Å²) >= 11 is 0. The predicted octanol–water partition coefficient (Wildman–Crippen LogP) is 3.66. The number of epoxide rings is 1. The fourth-order valence-corrected chi connectivity index (χ4v) is 8.17. The van der Waals surface area contributed by atoms with E-state index in [4.69, 9.17) is 18.9 Å². The molecular weight excluding hydrogens is 532 g/mol. The number of esters is 3. The molecular formula is C31H42O10. The van der Waals surface area contributed by atoms with Gasteiger partial charge in [0.2, 0.25) is 0 Å². The summed E-state index contributed by atoms with van der Waals surface area (Å²) in [5.74, 6) is -5.86. The predicted molar refractivity (Wildman–Crippen MR) is 145 cm³/mol. The number of ether oxygens (including phenoxy) is 4. The fraction of sp³-hybridized carbons (Fsp3) is 0.710. The van der Waals surface area contributed by atoms with Crippen molar-refractivity contribution < 1.29 is 48.0 Å². The zero-order valence-electron chi connectivity index (χ0n) is 25.1. The van der Waals surface area contributed by atoms with Gasteiger partial charge in [-0.3, -0.25) is 24.0 Å². The van der Waals surface area contributed by atoms with Gasteiger partial charge in [-0.05, 0) is 30.4 Å². The third-order valence-electron chi connectivity index (χ3n) is 10.7. The summed E-state index contributed by atoms with van der Waals surface area (Å²) in [6.45, 7) is 16.3. The summed E-state index contributed by atoms with van der Waals surface area (Å²) in [6.07, 6.45) is 0.860. The van der Waals surface area contributed by atoms with Crippen molar-refractivity contribution in [1.82, 2.24) is 0 Å². The van der Waals surface area contributed by atoms with Gasteiger partial charge in [0, 0.05) is 23.7 Å². The molecule has 10 atom stereocenters. The van der Waals surface area contributed by atoms with Crippen molar-refractivity contribution in [2.45, 2.75) is 91.6 Å². The van der Waals surface area contributed by atoms with Gasteiger partial charge in [-0.25, -0.2) is 0 Å². The fourth-order valence-electron chi connectivity index (χ4n) is 8.17. The number of carbonyl (C=O) groups excluding carboxylic acids is 4. The Morgan fingerprint density at radius 3 is 2.34 bits per heavy atom. The minimum atomic E-state index is -1.31. The van der Waals surface area contributed by atoms with Crippen LogP contribution in [-0.4, -0.2) is 65.8 Å². The molecule has 10 heteroatoms. The second-order valence-electron chi connectivity index (χ2n) is 13.1. The van der Waals surface area contributed by atoms with Crippen LogP contribution >= 0.6 is 0 Å². The van der Waals surface area contributed by atoms with Crippen molar-refractivity contribution in [3.05, 3.63) is 24.3 Å². The van der Waals surface area contributed by atoms with E-state index in [1.54, 1.807) is 33.8 Å². The van der Waals surface area contributed by atoms with E-state index in [1.165, 1.54) is 20.1 Å². The van der Waals surface area contributed by atoms with Crippen LogP contribution in [0, 0.1) is 39.9 Å². The molecule has 4 rings (SSSR count). The lowest BCUT2D eigenvalue weighted by Crippen LogP contribution is -2.67. The maximum Gasteiger partial charge on any atom is 0.309 e. The summed E-state index contributed by atoms with van der Waals surface area (Å²) < 4.78 is 23.5. The molecule has 0 bridgehead atoms. The van der Waals surface area contributed by atoms with E-state index >= 15 is 0 Å². The first-order valence-corrected chi connectivity index (χ1v) is 14.2. The average Bonchev–Trinajstić information content (AvgIpc) is 3.57. The van der Waals surface area contributed by atoms with Gasteiger partial charge in [-0.2, -0.15) is 0 Å². The van der Waals surface area contributed by atoms with Gasteiger partial charge in [-0.15, -0.1) is 0 Å². The van der Waals surface area contributed by atoms with Gasteiger partial charge in [-0.1, -0.05) is 54.2 Å². The number of allylic oxidation sites excluding steroid dienone is 2. The van der Waals surface area contributed by atoms with Gasteiger partial charge in [0.15, 0.2) is 5.78 Å². The smallest absolute Gasteiger partial charge is 0.309 e. The van der Waals surface area contributed by atoms with E-state index in [0.29, 0.717) is 12.0 Å². The molecule has 1 N–H and O–H groups in total. The minimum Gasteiger partial charge on any atom is -0.481 e. The summed E-state index contributed by atoms with van der Waals surface area (Å²) in [4.78, 5) is 64.5. The highest BCUT2D eigenvalue weighted by atomic mass is 16.6. The lowest BCUT2D eigenvalue weighted by Gasteiger charge is -2.59. The molecule has 3 aliphatic carbocycles. The Hall–Kier alpha value is -3.01. The SMILES string of the molecule is C=C1C(C2(C)C=CC(=O)C(C)(C)C2CC(=O)OC)C(OC(C)=O)C(OC(=O)C(C)CC)C2(C)C(C(=O)O)CC3OC132. The number of rotatable bonds is 8. The summed E-state index contributed by atoms with van der Waals surface area (Å²) in [6, 6.07) is 0. The number of carboxylic acid groups (broad SMARTS) is 1. The number of hydrogen-bond acceptors (Lipinski definition) is 9. The standard InChI is InChI=1S/C31H42O10/c1-10-15(2)27(37)40-25-24(39-17(4)32)23(16(3)31-21(41-31)13-18(26(35)36)30(25,31)8)29(7)12-11-20(33)28(5,6)19(29)14-22(34)38-9/h11-12,15,18-19,21,23-25H,3,10,13-14H2,1-2,4-9H3,(H,35,36). The minimum absolute atomic E-state index is 0.115. The molecule has 10 nitrogen and oxygen atoms in total. The van der Waals surface area contributed by atoms with Gasteiger partial charge >= 0.3 is 23.9 Å². The normalized spacial score (nSPS) is 41.1. The van der Waals surface area contributed by atoms with Crippen LogP contribution in [0.2, 0.25) is 0 Å². The Morgan fingerprint density at radius 2 is 1.80 bits per heavy atom. The summed E-state index contributed by atoms with van der Waals surface area (Å²) in [5.41, 5.74) is -4.04. The molecule has 0 radical (unpaired) electrons. The molecule has 41 heavy (non-hydrogen) atoms. The number of aliphatic carboxylic acids is 1. The number of hydrogen-bond donors (Lipinski definition) is 1. The van der Waals surface area contributed by atoms with E-state index in [0.717, 1.165) is 0 Å². The molecule has 0 aromatic heterocycles. The zero-order chi connectivity index (χ0) is 30.9. The Morgan fingerprint density at radius 1 is 1.17 bits per heavy atom. The highest BCUT2D eigenvalue weighted by Crippen LogP contribution is 2.74. The number of ketones is 1. The van der Waals surface area contributed by atoms with Crippen LogP contribution in [-0.2, 0) is 42.9 Å². The van der Waals surface area contributed by atoms with Crippen LogP contribution in [0.15, 0.2) is 24.3 Å². The summed E-state index contributed by atoms with van der Waals surface area (Å²) in [7, 11) is 1.27. The number of carbonyl (C=O) groups is 5. The molecule has 1 spiro atoms. The van der Waals surface area contributed by atoms with Crippen LogP contribution in [0.1, 0.15) is 67.7 Å². The number of carboxylic acids is 1. The Bertz CT molecular complexity index is 1220. The van der Waals surface area contributed by atoms with Crippen LogP contribution in [0.4, 0.5) is 0 Å². The second-order valence-corrected chi connectivity index (χ2v) is 13.1.